The summed E-state index contributed by atoms with van der Waals surface area (Å²) in [6, 6.07) is 0. The first kappa shape index (κ1) is 15.1. The minimum atomic E-state index is -3.34. The lowest BCUT2D eigenvalue weighted by molar-refractivity contribution is 0.253. The fraction of sp³-hybridized carbons (Fsp3) is 0.667. The molecule has 1 saturated heterocycles. The molecule has 1 aromatic heterocycles. The lowest BCUT2D eigenvalue weighted by Gasteiger charge is -2.33. The van der Waals surface area contributed by atoms with E-state index < -0.39 is 10.2 Å². The molecule has 1 aliphatic heterocycles. The van der Waals surface area contributed by atoms with E-state index in [0.717, 1.165) is 18.5 Å². The van der Waals surface area contributed by atoms with Crippen molar-refractivity contribution in [2.75, 3.05) is 32.9 Å². The van der Waals surface area contributed by atoms with E-state index in [9.17, 15) is 8.42 Å². The van der Waals surface area contributed by atoms with Gasteiger partial charge in [-0.2, -0.15) is 17.0 Å². The van der Waals surface area contributed by atoms with Crippen molar-refractivity contribution >= 4 is 16.0 Å². The molecule has 112 valence electrons. The minimum absolute atomic E-state index is 0.234. The van der Waals surface area contributed by atoms with E-state index in [4.69, 9.17) is 5.73 Å². The van der Waals surface area contributed by atoms with Crippen molar-refractivity contribution in [2.45, 2.75) is 19.3 Å². The maximum atomic E-state index is 12.1. The second-order valence-electron chi connectivity index (χ2n) is 5.25. The predicted octanol–water partition coefficient (Wildman–Crippen LogP) is 0.120. The summed E-state index contributed by atoms with van der Waals surface area (Å²) in [6.07, 6.45) is 5.68. The van der Waals surface area contributed by atoms with Crippen molar-refractivity contribution in [3.63, 3.8) is 0 Å². The molecule has 0 spiro atoms. The number of hydrogen-bond donors (Lipinski definition) is 1. The number of hydrogen-bond acceptors (Lipinski definition) is 5. The molecule has 0 amide bonds. The minimum Gasteiger partial charge on any atom is -0.382 e. The third kappa shape index (κ3) is 3.25. The molecule has 7 nitrogen and oxygen atoms in total. The second-order valence-corrected chi connectivity index (χ2v) is 7.39. The zero-order valence-electron chi connectivity index (χ0n) is 11.9. The van der Waals surface area contributed by atoms with E-state index in [1.807, 2.05) is 0 Å². The number of rotatable bonds is 4. The van der Waals surface area contributed by atoms with E-state index in [2.05, 4.69) is 9.97 Å². The van der Waals surface area contributed by atoms with Crippen molar-refractivity contribution in [2.24, 2.45) is 5.92 Å². The van der Waals surface area contributed by atoms with Crippen LogP contribution in [0.3, 0.4) is 0 Å². The molecule has 8 heteroatoms. The van der Waals surface area contributed by atoms with Crippen LogP contribution in [0.2, 0.25) is 0 Å². The highest BCUT2D eigenvalue weighted by atomic mass is 32.2. The van der Waals surface area contributed by atoms with Gasteiger partial charge in [0.15, 0.2) is 0 Å². The molecule has 0 aliphatic carbocycles. The number of piperidine rings is 1. The summed E-state index contributed by atoms with van der Waals surface area (Å²) in [6.45, 7) is 1.09. The average Bonchev–Trinajstić information content (AvgIpc) is 2.41. The zero-order chi connectivity index (χ0) is 14.8. The van der Waals surface area contributed by atoms with Gasteiger partial charge >= 0.3 is 0 Å². The van der Waals surface area contributed by atoms with Gasteiger partial charge in [-0.15, -0.1) is 0 Å². The standard InChI is InChI=1S/C12H21N5O2S/c1-16(2)20(18,19)17-7-3-4-10(9-17)8-11-12(13)15-6-5-14-11/h5-6,10H,3-4,7-9H2,1-2H3,(H2,13,15)/t10-/m0/s1. The van der Waals surface area contributed by atoms with Crippen LogP contribution in [-0.2, 0) is 16.6 Å². The summed E-state index contributed by atoms with van der Waals surface area (Å²) in [5.74, 6) is 0.664. The van der Waals surface area contributed by atoms with Crippen LogP contribution in [0.5, 0.6) is 0 Å². The normalized spacial score (nSPS) is 21.2. The lowest BCUT2D eigenvalue weighted by Crippen LogP contribution is -2.45. The molecule has 0 aromatic carbocycles. The molecular formula is C12H21N5O2S. The Balaban J connectivity index is 2.07. The summed E-state index contributed by atoms with van der Waals surface area (Å²) in [4.78, 5) is 8.24. The molecule has 1 aliphatic rings. The summed E-state index contributed by atoms with van der Waals surface area (Å²) >= 11 is 0. The Morgan fingerprint density at radius 3 is 2.75 bits per heavy atom. The van der Waals surface area contributed by atoms with Gasteiger partial charge in [0.2, 0.25) is 0 Å². The SMILES string of the molecule is CN(C)S(=O)(=O)N1CCC[C@@H](Cc2nccnc2N)C1. The Labute approximate surface area is 120 Å². The van der Waals surface area contributed by atoms with Crippen molar-refractivity contribution in [3.8, 4) is 0 Å². The number of nitrogens with zero attached hydrogens (tertiary/aromatic N) is 4. The smallest absolute Gasteiger partial charge is 0.281 e. The van der Waals surface area contributed by atoms with Gasteiger partial charge in [-0.05, 0) is 25.2 Å². The Morgan fingerprint density at radius 2 is 2.10 bits per heavy atom. The molecule has 2 N–H and O–H groups in total. The van der Waals surface area contributed by atoms with Gasteiger partial charge < -0.3 is 5.73 Å². The zero-order valence-corrected chi connectivity index (χ0v) is 12.7. The molecule has 1 atom stereocenters. The monoisotopic (exact) mass is 299 g/mol. The molecule has 2 heterocycles. The largest absolute Gasteiger partial charge is 0.382 e. The highest BCUT2D eigenvalue weighted by molar-refractivity contribution is 7.86. The number of anilines is 1. The molecule has 1 fully saturated rings. The van der Waals surface area contributed by atoms with E-state index in [0.29, 0.717) is 25.3 Å². The van der Waals surface area contributed by atoms with Crippen molar-refractivity contribution in [1.29, 1.82) is 0 Å². The molecule has 1 aromatic rings. The van der Waals surface area contributed by atoms with E-state index >= 15 is 0 Å². The van der Waals surface area contributed by atoms with Crippen LogP contribution in [0, 0.1) is 5.92 Å². The quantitative estimate of drug-likeness (QED) is 0.852. The predicted molar refractivity (Wildman–Crippen MR) is 77.1 cm³/mol. The van der Waals surface area contributed by atoms with Crippen molar-refractivity contribution in [1.82, 2.24) is 18.6 Å². The Bertz CT molecular complexity index is 561. The van der Waals surface area contributed by atoms with E-state index in [1.54, 1.807) is 26.5 Å². The maximum absolute atomic E-state index is 12.1. The maximum Gasteiger partial charge on any atom is 0.281 e. The van der Waals surface area contributed by atoms with Crippen molar-refractivity contribution in [3.05, 3.63) is 18.1 Å². The lowest BCUT2D eigenvalue weighted by atomic mass is 9.94. The summed E-state index contributed by atoms with van der Waals surface area (Å²) in [5, 5.41) is 0. The van der Waals surface area contributed by atoms with Crippen molar-refractivity contribution < 1.29 is 8.42 Å². The van der Waals surface area contributed by atoms with Crippen LogP contribution in [0.1, 0.15) is 18.5 Å². The average molecular weight is 299 g/mol. The molecule has 0 bridgehead atoms. The molecule has 20 heavy (non-hydrogen) atoms. The second kappa shape index (κ2) is 6.02. The Kier molecular flexibility index (Phi) is 4.56. The number of aromatic nitrogens is 2. The number of nitrogen functional groups attached to an aromatic ring is 1. The Hall–Kier alpha value is -1.25. The van der Waals surface area contributed by atoms with E-state index in [1.165, 1.54) is 8.61 Å². The Morgan fingerprint density at radius 1 is 1.40 bits per heavy atom. The summed E-state index contributed by atoms with van der Waals surface area (Å²) in [5.41, 5.74) is 6.54. The van der Waals surface area contributed by atoms with Gasteiger partial charge in [0.1, 0.15) is 5.82 Å². The molecule has 2 rings (SSSR count). The van der Waals surface area contributed by atoms with Gasteiger partial charge in [0.05, 0.1) is 5.69 Å². The van der Waals surface area contributed by atoms with Crippen LogP contribution in [0.4, 0.5) is 5.82 Å². The van der Waals surface area contributed by atoms with Crippen LogP contribution in [-0.4, -0.2) is 54.2 Å². The molecule has 0 saturated carbocycles. The third-order valence-corrected chi connectivity index (χ3v) is 5.46. The highest BCUT2D eigenvalue weighted by Crippen LogP contribution is 2.23. The first-order valence-corrected chi connectivity index (χ1v) is 8.04. The summed E-state index contributed by atoms with van der Waals surface area (Å²) in [7, 11) is -0.226. The number of nitrogens with two attached hydrogens (primary N) is 1. The summed E-state index contributed by atoms with van der Waals surface area (Å²) < 4.78 is 27.1. The highest BCUT2D eigenvalue weighted by Gasteiger charge is 2.30. The van der Waals surface area contributed by atoms with Gasteiger partial charge in [-0.25, -0.2) is 4.98 Å². The topological polar surface area (TPSA) is 92.4 Å². The van der Waals surface area contributed by atoms with E-state index in [-0.39, 0.29) is 5.92 Å². The van der Waals surface area contributed by atoms with Gasteiger partial charge in [0.25, 0.3) is 10.2 Å². The van der Waals surface area contributed by atoms with Crippen LogP contribution >= 0.6 is 0 Å². The van der Waals surface area contributed by atoms with Gasteiger partial charge in [-0.1, -0.05) is 0 Å². The third-order valence-electron chi connectivity index (χ3n) is 3.56. The van der Waals surface area contributed by atoms with Crippen LogP contribution < -0.4 is 5.73 Å². The molecule has 0 unspecified atom stereocenters. The van der Waals surface area contributed by atoms with Crippen LogP contribution in [0.15, 0.2) is 12.4 Å². The fourth-order valence-corrected chi connectivity index (χ4v) is 3.66. The fourth-order valence-electron chi connectivity index (χ4n) is 2.44. The first-order chi connectivity index (χ1) is 9.41. The first-order valence-electron chi connectivity index (χ1n) is 6.64. The molecular weight excluding hydrogens is 278 g/mol. The van der Waals surface area contributed by atoms with Gasteiger partial charge in [0, 0.05) is 39.6 Å². The molecule has 0 radical (unpaired) electrons. The van der Waals surface area contributed by atoms with Crippen LogP contribution in [0.25, 0.3) is 0 Å². The van der Waals surface area contributed by atoms with Gasteiger partial charge in [-0.3, -0.25) is 4.98 Å².